The van der Waals surface area contributed by atoms with E-state index in [4.69, 9.17) is 11.6 Å². The third-order valence-corrected chi connectivity index (χ3v) is 4.24. The molecule has 19 heavy (non-hydrogen) atoms. The minimum Gasteiger partial charge on any atom is -0.294 e. The molecule has 2 nitrogen and oxygen atoms in total. The molecule has 1 aromatic heterocycles. The van der Waals surface area contributed by atoms with Crippen molar-refractivity contribution >= 4 is 45.2 Å². The maximum absolute atomic E-state index is 6.06. The average Bonchev–Trinajstić information content (AvgIpc) is 2.77. The molecule has 3 aromatic rings. The Morgan fingerprint density at radius 3 is 2.74 bits per heavy atom. The van der Waals surface area contributed by atoms with Gasteiger partial charge in [0.15, 0.2) is 0 Å². The summed E-state index contributed by atoms with van der Waals surface area (Å²) in [6, 6.07) is 14.5. The van der Waals surface area contributed by atoms with E-state index in [0.717, 1.165) is 22.5 Å². The van der Waals surface area contributed by atoms with Crippen LogP contribution in [0.25, 0.3) is 16.7 Å². The summed E-state index contributed by atoms with van der Waals surface area (Å²) in [5, 5.41) is 0. The number of benzene rings is 2. The first kappa shape index (κ1) is 12.9. The number of imidazole rings is 1. The van der Waals surface area contributed by atoms with Gasteiger partial charge in [-0.3, -0.25) is 4.57 Å². The van der Waals surface area contributed by atoms with Crippen molar-refractivity contribution in [2.45, 2.75) is 12.8 Å². The maximum Gasteiger partial charge on any atom is 0.129 e. The van der Waals surface area contributed by atoms with Gasteiger partial charge in [0.25, 0.3) is 0 Å². The Labute approximate surface area is 130 Å². The van der Waals surface area contributed by atoms with Crippen LogP contribution in [-0.2, 0) is 5.88 Å². The zero-order valence-electron chi connectivity index (χ0n) is 10.4. The number of halogens is 2. The van der Waals surface area contributed by atoms with Crippen LogP contribution in [0.5, 0.6) is 0 Å². The molecule has 96 valence electrons. The zero-order chi connectivity index (χ0) is 13.4. The number of para-hydroxylation sites is 1. The van der Waals surface area contributed by atoms with Gasteiger partial charge in [0.1, 0.15) is 5.82 Å². The second-order valence-electron chi connectivity index (χ2n) is 4.44. The van der Waals surface area contributed by atoms with Gasteiger partial charge in [-0.05, 0) is 59.3 Å². The minimum absolute atomic E-state index is 0.401. The second-order valence-corrected chi connectivity index (χ2v) is 5.87. The molecule has 0 saturated carbocycles. The fourth-order valence-electron chi connectivity index (χ4n) is 2.23. The van der Waals surface area contributed by atoms with E-state index in [9.17, 15) is 0 Å². The van der Waals surface area contributed by atoms with Crippen molar-refractivity contribution in [3.05, 3.63) is 57.4 Å². The fraction of sp³-hybridized carbons (Fsp3) is 0.133. The van der Waals surface area contributed by atoms with E-state index in [1.807, 2.05) is 18.2 Å². The van der Waals surface area contributed by atoms with E-state index in [2.05, 4.69) is 63.3 Å². The minimum atomic E-state index is 0.401. The summed E-state index contributed by atoms with van der Waals surface area (Å²) in [6.45, 7) is 2.09. The van der Waals surface area contributed by atoms with E-state index < -0.39 is 0 Å². The molecule has 3 rings (SSSR count). The Hall–Kier alpha value is -1.07. The van der Waals surface area contributed by atoms with Crippen LogP contribution in [0.4, 0.5) is 0 Å². The quantitative estimate of drug-likeness (QED) is 0.465. The molecular weight excluding hydrogens is 371 g/mol. The Bertz CT molecular complexity index is 749. The summed E-state index contributed by atoms with van der Waals surface area (Å²) in [7, 11) is 0. The lowest BCUT2D eigenvalue weighted by atomic mass is 10.2. The third-order valence-electron chi connectivity index (χ3n) is 3.09. The molecule has 0 N–H and O–H groups in total. The molecule has 0 radical (unpaired) electrons. The highest BCUT2D eigenvalue weighted by atomic mass is 127. The smallest absolute Gasteiger partial charge is 0.129 e. The van der Waals surface area contributed by atoms with Gasteiger partial charge in [0.2, 0.25) is 0 Å². The predicted octanol–water partition coefficient (Wildman–Crippen LogP) is 4.68. The van der Waals surface area contributed by atoms with Crippen molar-refractivity contribution in [1.29, 1.82) is 0 Å². The van der Waals surface area contributed by atoms with Crippen molar-refractivity contribution < 1.29 is 0 Å². The lowest BCUT2D eigenvalue weighted by Crippen LogP contribution is -2.01. The van der Waals surface area contributed by atoms with Crippen molar-refractivity contribution in [1.82, 2.24) is 9.55 Å². The summed E-state index contributed by atoms with van der Waals surface area (Å²) in [5.41, 5.74) is 4.45. The molecule has 0 aliphatic heterocycles. The zero-order valence-corrected chi connectivity index (χ0v) is 13.3. The van der Waals surface area contributed by atoms with Crippen LogP contribution in [0.1, 0.15) is 11.4 Å². The number of aromatic nitrogens is 2. The van der Waals surface area contributed by atoms with E-state index in [1.54, 1.807) is 0 Å². The first-order chi connectivity index (χ1) is 9.20. The number of aryl methyl sites for hydroxylation is 1. The second kappa shape index (κ2) is 5.13. The summed E-state index contributed by atoms with van der Waals surface area (Å²) in [5.74, 6) is 1.28. The SMILES string of the molecule is Cc1ccc2nc(CCl)n(-c3ccccc3I)c2c1. The number of fused-ring (bicyclic) bond motifs is 1. The van der Waals surface area contributed by atoms with Crippen molar-refractivity contribution in [3.63, 3.8) is 0 Å². The number of hydrogen-bond donors (Lipinski definition) is 0. The molecule has 0 aliphatic carbocycles. The topological polar surface area (TPSA) is 17.8 Å². The number of rotatable bonds is 2. The Kier molecular flexibility index (Phi) is 3.50. The highest BCUT2D eigenvalue weighted by Gasteiger charge is 2.13. The highest BCUT2D eigenvalue weighted by Crippen LogP contribution is 2.26. The highest BCUT2D eigenvalue weighted by molar-refractivity contribution is 14.1. The van der Waals surface area contributed by atoms with Gasteiger partial charge in [-0.2, -0.15) is 0 Å². The van der Waals surface area contributed by atoms with Gasteiger partial charge < -0.3 is 0 Å². The maximum atomic E-state index is 6.06. The molecule has 1 heterocycles. The van der Waals surface area contributed by atoms with E-state index in [1.165, 1.54) is 9.13 Å². The van der Waals surface area contributed by atoms with E-state index >= 15 is 0 Å². The third kappa shape index (κ3) is 2.25. The van der Waals surface area contributed by atoms with Crippen LogP contribution in [0.2, 0.25) is 0 Å². The Morgan fingerprint density at radius 2 is 2.00 bits per heavy atom. The first-order valence-corrected chi connectivity index (χ1v) is 7.61. The summed E-state index contributed by atoms with van der Waals surface area (Å²) >= 11 is 8.40. The lowest BCUT2D eigenvalue weighted by molar-refractivity contribution is 0.976. The van der Waals surface area contributed by atoms with Crippen LogP contribution in [0, 0.1) is 10.5 Å². The summed E-state index contributed by atoms with van der Waals surface area (Å²) < 4.78 is 3.34. The Balaban J connectivity index is 2.38. The molecule has 0 unspecified atom stereocenters. The molecule has 0 bridgehead atoms. The van der Waals surface area contributed by atoms with Crippen LogP contribution >= 0.6 is 34.2 Å². The van der Waals surface area contributed by atoms with Gasteiger partial charge >= 0.3 is 0 Å². The number of nitrogens with zero attached hydrogens (tertiary/aromatic N) is 2. The normalized spacial score (nSPS) is 11.1. The fourth-order valence-corrected chi connectivity index (χ4v) is 3.03. The van der Waals surface area contributed by atoms with Crippen LogP contribution in [0.15, 0.2) is 42.5 Å². The summed E-state index contributed by atoms with van der Waals surface area (Å²) in [6.07, 6.45) is 0. The predicted molar refractivity (Wildman–Crippen MR) is 88.1 cm³/mol. The average molecular weight is 383 g/mol. The molecule has 0 saturated heterocycles. The van der Waals surface area contributed by atoms with Crippen LogP contribution in [-0.4, -0.2) is 9.55 Å². The molecule has 0 fully saturated rings. The van der Waals surface area contributed by atoms with Crippen molar-refractivity contribution in [2.24, 2.45) is 0 Å². The van der Waals surface area contributed by atoms with Gasteiger partial charge in [-0.25, -0.2) is 4.98 Å². The standard InChI is InChI=1S/C15H12ClIN2/c1-10-6-7-12-14(8-10)19(15(9-16)18-12)13-5-3-2-4-11(13)17/h2-8H,9H2,1H3. The number of alkyl halides is 1. The molecule has 0 spiro atoms. The number of hydrogen-bond acceptors (Lipinski definition) is 1. The molecule has 0 aliphatic rings. The summed E-state index contributed by atoms with van der Waals surface area (Å²) in [4.78, 5) is 4.62. The van der Waals surface area contributed by atoms with Gasteiger partial charge in [-0.15, -0.1) is 11.6 Å². The van der Waals surface area contributed by atoms with Crippen molar-refractivity contribution in [3.8, 4) is 5.69 Å². The van der Waals surface area contributed by atoms with Gasteiger partial charge in [0, 0.05) is 3.57 Å². The molecule has 0 amide bonds. The Morgan fingerprint density at radius 1 is 1.21 bits per heavy atom. The van der Waals surface area contributed by atoms with Crippen LogP contribution < -0.4 is 0 Å². The van der Waals surface area contributed by atoms with Crippen molar-refractivity contribution in [2.75, 3.05) is 0 Å². The van der Waals surface area contributed by atoms with Gasteiger partial charge in [0.05, 0.1) is 22.6 Å². The molecule has 4 heteroatoms. The van der Waals surface area contributed by atoms with Gasteiger partial charge in [-0.1, -0.05) is 18.2 Å². The van der Waals surface area contributed by atoms with E-state index in [0.29, 0.717) is 5.88 Å². The largest absolute Gasteiger partial charge is 0.294 e. The molecular formula is C15H12ClIN2. The van der Waals surface area contributed by atoms with Crippen LogP contribution in [0.3, 0.4) is 0 Å². The molecule has 2 aromatic carbocycles. The molecule has 0 atom stereocenters. The lowest BCUT2D eigenvalue weighted by Gasteiger charge is -2.10. The monoisotopic (exact) mass is 382 g/mol. The van der Waals surface area contributed by atoms with E-state index in [-0.39, 0.29) is 0 Å². The first-order valence-electron chi connectivity index (χ1n) is 5.99.